The largest absolute Gasteiger partial charge is 0.356 e. The van der Waals surface area contributed by atoms with Crippen LogP contribution in [0.3, 0.4) is 0 Å². The summed E-state index contributed by atoms with van der Waals surface area (Å²) in [4.78, 5) is 20.2. The molecule has 0 spiro atoms. The van der Waals surface area contributed by atoms with Gasteiger partial charge < -0.3 is 11.1 Å². The Bertz CT molecular complexity index is 246. The van der Waals surface area contributed by atoms with E-state index in [9.17, 15) is 9.59 Å². The number of halogens is 3. The molecule has 0 aliphatic heterocycles. The Morgan fingerprint density at radius 2 is 1.59 bits per heavy atom. The van der Waals surface area contributed by atoms with Crippen LogP contribution in [0.2, 0.25) is 0 Å². The highest BCUT2D eigenvalue weighted by Gasteiger charge is 1.83. The first-order chi connectivity index (χ1) is 8.08. The molecule has 0 bridgehead atoms. The quantitative estimate of drug-likeness (QED) is 0.436. The Balaban J connectivity index is -0.000000202. The van der Waals surface area contributed by atoms with E-state index in [0.717, 1.165) is 5.33 Å². The lowest BCUT2D eigenvalue weighted by Crippen LogP contribution is -2.13. The smallest absolute Gasteiger partial charge is 0.244 e. The Labute approximate surface area is 124 Å². The van der Waals surface area contributed by atoms with Crippen LogP contribution in [0.15, 0.2) is 24.3 Å². The highest BCUT2D eigenvalue weighted by atomic mass is 79.9. The van der Waals surface area contributed by atoms with Gasteiger partial charge in [-0.3, -0.25) is 9.59 Å². The standard InChI is InChI=1S/C5H8BrNO.C4H4BrClO.CH5N/c1-7-5(8)3-2-4-6;5-3-1-2-4(6)7;1-2/h2-3H,4H2,1H3,(H,7,8);1-2H,3H2;2H2,1H3/b3-2+;2-1+;. The topological polar surface area (TPSA) is 72.2 Å². The normalized spacial score (nSPS) is 9.06. The number of nitrogens with one attached hydrogen (secondary N) is 1. The predicted octanol–water partition coefficient (Wildman–Crippen LogP) is 1.96. The van der Waals surface area contributed by atoms with Crippen molar-refractivity contribution in [3.63, 3.8) is 0 Å². The van der Waals surface area contributed by atoms with E-state index in [2.05, 4.69) is 42.9 Å². The second-order valence-electron chi connectivity index (χ2n) is 2.03. The van der Waals surface area contributed by atoms with Gasteiger partial charge in [-0.2, -0.15) is 0 Å². The first-order valence-electron chi connectivity index (χ1n) is 4.52. The van der Waals surface area contributed by atoms with Gasteiger partial charge >= 0.3 is 0 Å². The molecule has 0 fully saturated rings. The molecular formula is C10H17Br2ClN2O2. The van der Waals surface area contributed by atoms with Gasteiger partial charge in [-0.05, 0) is 30.8 Å². The molecule has 7 heteroatoms. The van der Waals surface area contributed by atoms with Crippen LogP contribution in [0.5, 0.6) is 0 Å². The van der Waals surface area contributed by atoms with E-state index in [1.165, 1.54) is 19.2 Å². The number of hydrogen-bond donors (Lipinski definition) is 2. The van der Waals surface area contributed by atoms with Crippen molar-refractivity contribution in [2.75, 3.05) is 24.8 Å². The van der Waals surface area contributed by atoms with Crippen molar-refractivity contribution in [3.05, 3.63) is 24.3 Å². The van der Waals surface area contributed by atoms with Crippen molar-refractivity contribution in [1.29, 1.82) is 0 Å². The molecular weight excluding hydrogens is 375 g/mol. The number of carbonyl (C=O) groups excluding carboxylic acids is 2. The molecule has 0 aromatic heterocycles. The molecule has 0 unspecified atom stereocenters. The summed E-state index contributed by atoms with van der Waals surface area (Å²) in [5.74, 6) is -0.0653. The minimum Gasteiger partial charge on any atom is -0.356 e. The first-order valence-corrected chi connectivity index (χ1v) is 7.14. The van der Waals surface area contributed by atoms with Crippen LogP contribution in [0.1, 0.15) is 0 Å². The lowest BCUT2D eigenvalue weighted by Gasteiger charge is -1.85. The maximum Gasteiger partial charge on any atom is 0.244 e. The molecule has 0 saturated carbocycles. The first kappa shape index (κ1) is 22.0. The zero-order chi connectivity index (χ0) is 14.1. The number of carbonyl (C=O) groups is 2. The summed E-state index contributed by atoms with van der Waals surface area (Å²) in [5, 5.41) is 3.42. The Morgan fingerprint density at radius 1 is 1.18 bits per heavy atom. The molecule has 0 radical (unpaired) electrons. The minimum absolute atomic E-state index is 0.0653. The molecule has 1 amide bonds. The minimum atomic E-state index is -0.431. The zero-order valence-electron chi connectivity index (χ0n) is 9.75. The van der Waals surface area contributed by atoms with Crippen molar-refractivity contribution in [1.82, 2.24) is 5.32 Å². The zero-order valence-corrected chi connectivity index (χ0v) is 13.7. The molecule has 0 aromatic carbocycles. The number of allylic oxidation sites excluding steroid dienone is 3. The van der Waals surface area contributed by atoms with Gasteiger partial charge in [0.05, 0.1) is 0 Å². The third-order valence-electron chi connectivity index (χ3n) is 0.943. The summed E-state index contributed by atoms with van der Waals surface area (Å²) in [7, 11) is 3.10. The van der Waals surface area contributed by atoms with Crippen LogP contribution in [0.25, 0.3) is 0 Å². The number of likely N-dealkylation sites (N-methyl/N-ethyl adjacent to an activating group) is 1. The number of hydrogen-bond acceptors (Lipinski definition) is 3. The molecule has 0 heterocycles. The maximum absolute atomic E-state index is 10.4. The van der Waals surface area contributed by atoms with Gasteiger partial charge in [0, 0.05) is 17.7 Å². The fourth-order valence-electron chi connectivity index (χ4n) is 0.372. The van der Waals surface area contributed by atoms with Crippen LogP contribution < -0.4 is 11.1 Å². The monoisotopic (exact) mass is 390 g/mol. The molecule has 0 saturated heterocycles. The molecule has 17 heavy (non-hydrogen) atoms. The number of alkyl halides is 2. The third-order valence-corrected chi connectivity index (χ3v) is 1.82. The van der Waals surface area contributed by atoms with Crippen LogP contribution >= 0.6 is 43.5 Å². The summed E-state index contributed by atoms with van der Waals surface area (Å²) in [6.07, 6.45) is 6.15. The SMILES string of the molecule is CN.CNC(=O)/C=C/CBr.O=C(Cl)/C=C/CBr. The molecule has 0 atom stereocenters. The van der Waals surface area contributed by atoms with Gasteiger partial charge in [0.1, 0.15) is 0 Å². The van der Waals surface area contributed by atoms with Gasteiger partial charge in [-0.15, -0.1) is 0 Å². The molecule has 4 nitrogen and oxygen atoms in total. The maximum atomic E-state index is 10.4. The van der Waals surface area contributed by atoms with Gasteiger partial charge in [0.15, 0.2) is 0 Å². The average molecular weight is 393 g/mol. The van der Waals surface area contributed by atoms with E-state index in [0.29, 0.717) is 5.33 Å². The van der Waals surface area contributed by atoms with Crippen LogP contribution in [0, 0.1) is 0 Å². The van der Waals surface area contributed by atoms with Crippen molar-refractivity contribution in [2.24, 2.45) is 5.73 Å². The molecule has 0 aliphatic carbocycles. The fourth-order valence-corrected chi connectivity index (χ4v) is 0.835. The average Bonchev–Trinajstić information content (AvgIpc) is 2.36. The van der Waals surface area contributed by atoms with E-state index in [1.54, 1.807) is 19.2 Å². The van der Waals surface area contributed by atoms with Crippen molar-refractivity contribution in [3.8, 4) is 0 Å². The van der Waals surface area contributed by atoms with Crippen molar-refractivity contribution in [2.45, 2.75) is 0 Å². The third kappa shape index (κ3) is 31.3. The Hall–Kier alpha value is -0.170. The highest BCUT2D eigenvalue weighted by molar-refractivity contribution is 9.09. The Kier molecular flexibility index (Phi) is 27.4. The number of nitrogens with two attached hydrogens (primary N) is 1. The van der Waals surface area contributed by atoms with Gasteiger partial charge in [-0.1, -0.05) is 44.0 Å². The van der Waals surface area contributed by atoms with Crippen molar-refractivity contribution >= 4 is 54.6 Å². The summed E-state index contributed by atoms with van der Waals surface area (Å²) in [5.41, 5.74) is 4.50. The highest BCUT2D eigenvalue weighted by Crippen LogP contribution is 1.85. The predicted molar refractivity (Wildman–Crippen MR) is 80.9 cm³/mol. The number of rotatable bonds is 4. The lowest BCUT2D eigenvalue weighted by atomic mass is 10.5. The Morgan fingerprint density at radius 3 is 1.82 bits per heavy atom. The second kappa shape index (κ2) is 21.1. The summed E-state index contributed by atoms with van der Waals surface area (Å²) in [6, 6.07) is 0. The van der Waals surface area contributed by atoms with Crippen molar-refractivity contribution < 1.29 is 9.59 Å². The molecule has 100 valence electrons. The van der Waals surface area contributed by atoms with E-state index < -0.39 is 5.24 Å². The summed E-state index contributed by atoms with van der Waals surface area (Å²) < 4.78 is 0. The van der Waals surface area contributed by atoms with E-state index >= 15 is 0 Å². The van der Waals surface area contributed by atoms with Gasteiger partial charge in [-0.25, -0.2) is 0 Å². The van der Waals surface area contributed by atoms with Crippen LogP contribution in [0.4, 0.5) is 0 Å². The number of amides is 1. The molecule has 0 aliphatic rings. The summed E-state index contributed by atoms with van der Waals surface area (Å²) in [6.45, 7) is 0. The summed E-state index contributed by atoms with van der Waals surface area (Å²) >= 11 is 11.1. The van der Waals surface area contributed by atoms with Gasteiger partial charge in [0.2, 0.25) is 11.1 Å². The van der Waals surface area contributed by atoms with E-state index in [-0.39, 0.29) is 5.91 Å². The molecule has 0 rings (SSSR count). The molecule has 0 aromatic rings. The lowest BCUT2D eigenvalue weighted by molar-refractivity contribution is -0.116. The second-order valence-corrected chi connectivity index (χ2v) is 3.70. The van der Waals surface area contributed by atoms with E-state index in [4.69, 9.17) is 11.6 Å². The van der Waals surface area contributed by atoms with E-state index in [1.807, 2.05) is 0 Å². The van der Waals surface area contributed by atoms with Crippen LogP contribution in [-0.2, 0) is 9.59 Å². The van der Waals surface area contributed by atoms with Crippen LogP contribution in [-0.4, -0.2) is 35.9 Å². The molecule has 3 N–H and O–H groups in total. The van der Waals surface area contributed by atoms with Gasteiger partial charge in [0.25, 0.3) is 0 Å². The fraction of sp³-hybridized carbons (Fsp3) is 0.400.